The molecule has 1 atom stereocenters. The van der Waals surface area contributed by atoms with Gasteiger partial charge in [-0.05, 0) is 26.0 Å². The van der Waals surface area contributed by atoms with Crippen molar-refractivity contribution in [2.45, 2.75) is 26.4 Å². The molecule has 0 saturated carbocycles. The molecule has 0 fully saturated rings. The monoisotopic (exact) mass is 193 g/mol. The van der Waals surface area contributed by atoms with E-state index < -0.39 is 0 Å². The Hall–Kier alpha value is -1.42. The molecule has 2 N–H and O–H groups in total. The van der Waals surface area contributed by atoms with E-state index in [4.69, 9.17) is 5.21 Å². The first-order valence-corrected chi connectivity index (χ1v) is 4.56. The summed E-state index contributed by atoms with van der Waals surface area (Å²) in [6.07, 6.45) is 1.76. The van der Waals surface area contributed by atoms with Crippen LogP contribution >= 0.6 is 0 Å². The smallest absolute Gasteiger partial charge is 0.0706 e. The van der Waals surface area contributed by atoms with Gasteiger partial charge in [-0.2, -0.15) is 0 Å². The van der Waals surface area contributed by atoms with E-state index in [9.17, 15) is 0 Å². The molecule has 4 nitrogen and oxygen atoms in total. The summed E-state index contributed by atoms with van der Waals surface area (Å²) >= 11 is 0. The Morgan fingerprint density at radius 3 is 3.00 bits per heavy atom. The van der Waals surface area contributed by atoms with Gasteiger partial charge in [-0.25, -0.2) is 0 Å². The molecule has 1 rings (SSSR count). The molecule has 0 aliphatic heterocycles. The Morgan fingerprint density at radius 2 is 2.43 bits per heavy atom. The van der Waals surface area contributed by atoms with Crippen LogP contribution in [0.5, 0.6) is 0 Å². The van der Waals surface area contributed by atoms with Gasteiger partial charge in [-0.1, -0.05) is 11.2 Å². The molecule has 0 aliphatic carbocycles. The fourth-order valence-electron chi connectivity index (χ4n) is 0.995. The van der Waals surface area contributed by atoms with Crippen molar-refractivity contribution < 1.29 is 5.21 Å². The van der Waals surface area contributed by atoms with Gasteiger partial charge < -0.3 is 10.5 Å². The van der Waals surface area contributed by atoms with Crippen LogP contribution in [0.15, 0.2) is 29.6 Å². The highest BCUT2D eigenvalue weighted by Gasteiger charge is 2.04. The number of hydrogen-bond acceptors (Lipinski definition) is 4. The van der Waals surface area contributed by atoms with E-state index in [-0.39, 0.29) is 6.04 Å². The molecule has 0 amide bonds. The minimum absolute atomic E-state index is 0.0574. The highest BCUT2D eigenvalue weighted by atomic mass is 16.4. The molecule has 1 heterocycles. The van der Waals surface area contributed by atoms with Crippen molar-refractivity contribution in [2.75, 3.05) is 0 Å². The second kappa shape index (κ2) is 5.34. The highest BCUT2D eigenvalue weighted by Crippen LogP contribution is 1.94. The fraction of sp³-hybridized carbons (Fsp3) is 0.400. The molecule has 1 unspecified atom stereocenters. The maximum atomic E-state index is 8.53. The zero-order valence-corrected chi connectivity index (χ0v) is 8.44. The Morgan fingerprint density at radius 1 is 1.64 bits per heavy atom. The number of nitrogens with one attached hydrogen (secondary N) is 1. The van der Waals surface area contributed by atoms with Crippen LogP contribution in [0.4, 0.5) is 0 Å². The largest absolute Gasteiger partial charge is 0.411 e. The number of oxime groups is 1. The lowest BCUT2D eigenvalue weighted by atomic mass is 10.2. The maximum absolute atomic E-state index is 8.53. The maximum Gasteiger partial charge on any atom is 0.0706 e. The lowest BCUT2D eigenvalue weighted by molar-refractivity contribution is 0.315. The van der Waals surface area contributed by atoms with Gasteiger partial charge in [0, 0.05) is 18.8 Å². The Balaban J connectivity index is 2.42. The summed E-state index contributed by atoms with van der Waals surface area (Å²) in [6, 6.07) is 5.84. The van der Waals surface area contributed by atoms with Crippen LogP contribution in [0.1, 0.15) is 19.5 Å². The van der Waals surface area contributed by atoms with E-state index in [1.807, 2.05) is 25.1 Å². The van der Waals surface area contributed by atoms with Crippen LogP contribution in [0.3, 0.4) is 0 Å². The lowest BCUT2D eigenvalue weighted by Gasteiger charge is -2.11. The Kier molecular flexibility index (Phi) is 4.07. The molecule has 0 aromatic carbocycles. The van der Waals surface area contributed by atoms with Gasteiger partial charge in [-0.15, -0.1) is 0 Å². The van der Waals surface area contributed by atoms with Gasteiger partial charge in [-0.3, -0.25) is 4.98 Å². The van der Waals surface area contributed by atoms with E-state index in [2.05, 4.69) is 15.5 Å². The van der Waals surface area contributed by atoms with Gasteiger partial charge >= 0.3 is 0 Å². The molecular weight excluding hydrogens is 178 g/mol. The van der Waals surface area contributed by atoms with Gasteiger partial charge in [0.15, 0.2) is 0 Å². The molecular formula is C10H15N3O. The van der Waals surface area contributed by atoms with Crippen LogP contribution in [0.2, 0.25) is 0 Å². The molecule has 0 saturated heterocycles. The number of rotatable bonds is 4. The number of pyridine rings is 1. The number of nitrogens with zero attached hydrogens (tertiary/aromatic N) is 2. The minimum atomic E-state index is 0.0574. The average Bonchev–Trinajstić information content (AvgIpc) is 2.26. The van der Waals surface area contributed by atoms with Crippen molar-refractivity contribution >= 4 is 5.71 Å². The topological polar surface area (TPSA) is 57.5 Å². The van der Waals surface area contributed by atoms with E-state index in [0.29, 0.717) is 12.3 Å². The van der Waals surface area contributed by atoms with Crippen molar-refractivity contribution in [3.05, 3.63) is 30.1 Å². The quantitative estimate of drug-likeness (QED) is 0.432. The highest BCUT2D eigenvalue weighted by molar-refractivity contribution is 5.86. The minimum Gasteiger partial charge on any atom is -0.411 e. The second-order valence-electron chi connectivity index (χ2n) is 3.17. The van der Waals surface area contributed by atoms with Crippen molar-refractivity contribution in [3.8, 4) is 0 Å². The van der Waals surface area contributed by atoms with Crippen molar-refractivity contribution in [3.63, 3.8) is 0 Å². The summed E-state index contributed by atoms with van der Waals surface area (Å²) < 4.78 is 0. The van der Waals surface area contributed by atoms with Gasteiger partial charge in [0.2, 0.25) is 0 Å². The summed E-state index contributed by atoms with van der Waals surface area (Å²) in [7, 11) is 0. The zero-order chi connectivity index (χ0) is 10.4. The summed E-state index contributed by atoms with van der Waals surface area (Å²) in [5, 5.41) is 14.9. The molecule has 1 aromatic heterocycles. The van der Waals surface area contributed by atoms with Gasteiger partial charge in [0.25, 0.3) is 0 Å². The molecule has 0 bridgehead atoms. The number of hydrogen-bond donors (Lipinski definition) is 2. The van der Waals surface area contributed by atoms with Crippen LogP contribution < -0.4 is 5.32 Å². The predicted octanol–water partition coefficient (Wildman–Crippen LogP) is 1.41. The van der Waals surface area contributed by atoms with Gasteiger partial charge in [0.05, 0.1) is 11.4 Å². The summed E-state index contributed by atoms with van der Waals surface area (Å²) in [5.41, 5.74) is 1.64. The third-order valence-corrected chi connectivity index (χ3v) is 2.10. The zero-order valence-electron chi connectivity index (χ0n) is 8.44. The molecule has 0 aliphatic rings. The summed E-state index contributed by atoms with van der Waals surface area (Å²) in [6.45, 7) is 4.39. The first-order chi connectivity index (χ1) is 6.74. The van der Waals surface area contributed by atoms with Gasteiger partial charge in [0.1, 0.15) is 0 Å². The van der Waals surface area contributed by atoms with E-state index in [1.54, 1.807) is 13.1 Å². The molecule has 76 valence electrons. The van der Waals surface area contributed by atoms with Crippen molar-refractivity contribution in [1.29, 1.82) is 0 Å². The fourth-order valence-corrected chi connectivity index (χ4v) is 0.995. The summed E-state index contributed by atoms with van der Waals surface area (Å²) in [5.74, 6) is 0. The SMILES string of the molecule is C/C(=N\O)C(C)NCc1ccccn1. The Labute approximate surface area is 83.7 Å². The number of aromatic nitrogens is 1. The Bertz CT molecular complexity index is 297. The van der Waals surface area contributed by atoms with Crippen LogP contribution in [-0.4, -0.2) is 21.9 Å². The molecule has 0 spiro atoms. The lowest BCUT2D eigenvalue weighted by Crippen LogP contribution is -2.32. The standard InChI is InChI=1S/C10H15N3O/c1-8(9(2)13-14)12-7-10-5-3-4-6-11-10/h3-6,8,12,14H,7H2,1-2H3/b13-9+. The molecule has 1 aromatic rings. The summed E-state index contributed by atoms with van der Waals surface area (Å²) in [4.78, 5) is 4.17. The third kappa shape index (κ3) is 3.14. The van der Waals surface area contributed by atoms with Crippen LogP contribution in [0, 0.1) is 0 Å². The first kappa shape index (κ1) is 10.7. The third-order valence-electron chi connectivity index (χ3n) is 2.10. The average molecular weight is 193 g/mol. The normalized spacial score (nSPS) is 14.0. The first-order valence-electron chi connectivity index (χ1n) is 4.56. The van der Waals surface area contributed by atoms with Crippen molar-refractivity contribution in [2.24, 2.45) is 5.16 Å². The second-order valence-corrected chi connectivity index (χ2v) is 3.17. The predicted molar refractivity (Wildman–Crippen MR) is 55.4 cm³/mol. The molecule has 14 heavy (non-hydrogen) atoms. The van der Waals surface area contributed by atoms with Crippen LogP contribution in [0.25, 0.3) is 0 Å². The van der Waals surface area contributed by atoms with Crippen LogP contribution in [-0.2, 0) is 6.54 Å². The molecule has 0 radical (unpaired) electrons. The van der Waals surface area contributed by atoms with E-state index >= 15 is 0 Å². The molecule has 4 heteroatoms. The van der Waals surface area contributed by atoms with E-state index in [0.717, 1.165) is 5.69 Å². The van der Waals surface area contributed by atoms with Crippen molar-refractivity contribution in [1.82, 2.24) is 10.3 Å². The van der Waals surface area contributed by atoms with E-state index in [1.165, 1.54) is 0 Å².